The minimum absolute atomic E-state index is 0.0484. The van der Waals surface area contributed by atoms with Crippen molar-refractivity contribution in [2.45, 2.75) is 0 Å². The lowest BCUT2D eigenvalue weighted by atomic mass is 10.1. The second-order valence-corrected chi connectivity index (χ2v) is 4.75. The number of aliphatic carboxylic acids is 1. The highest BCUT2D eigenvalue weighted by Gasteiger charge is 2.14. The highest BCUT2D eigenvalue weighted by atomic mass is 16.6. The summed E-state index contributed by atoms with van der Waals surface area (Å²) < 4.78 is 1.73. The molecule has 1 aromatic carbocycles. The van der Waals surface area contributed by atoms with Crippen LogP contribution in [0.5, 0.6) is 0 Å². The summed E-state index contributed by atoms with van der Waals surface area (Å²) in [6, 6.07) is 11.5. The van der Waals surface area contributed by atoms with Crippen molar-refractivity contribution in [1.82, 2.24) is 9.38 Å². The van der Waals surface area contributed by atoms with Crippen LogP contribution in [0.4, 0.5) is 5.69 Å². The summed E-state index contributed by atoms with van der Waals surface area (Å²) in [5.41, 5.74) is 2.15. The number of carbonyl (C=O) groups is 1. The number of hydrogen-bond acceptors (Lipinski definition) is 4. The standard InChI is InChI=1S/C16H11N3O4/c20-15(21)8-7-13-16(17-14-6-1-2-9-18(13)14)11-4-3-5-12(10-11)19(22)23/h1-10H,(H,20,21)/b8-7-. The molecule has 3 aromatic rings. The number of aromatic nitrogens is 2. The average Bonchev–Trinajstić information content (AvgIpc) is 2.91. The number of benzene rings is 1. The van der Waals surface area contributed by atoms with Crippen LogP contribution >= 0.6 is 0 Å². The molecule has 1 N–H and O–H groups in total. The first-order valence-corrected chi connectivity index (χ1v) is 6.69. The van der Waals surface area contributed by atoms with Gasteiger partial charge in [0.15, 0.2) is 0 Å². The molecule has 3 rings (SSSR count). The van der Waals surface area contributed by atoms with Crippen LogP contribution in [0.2, 0.25) is 0 Å². The van der Waals surface area contributed by atoms with E-state index in [1.54, 1.807) is 34.9 Å². The number of nitrogens with zero attached hydrogens (tertiary/aromatic N) is 3. The van der Waals surface area contributed by atoms with E-state index in [0.717, 1.165) is 6.08 Å². The van der Waals surface area contributed by atoms with E-state index in [-0.39, 0.29) is 5.69 Å². The molecule has 23 heavy (non-hydrogen) atoms. The number of imidazole rings is 1. The molecule has 0 aliphatic heterocycles. The summed E-state index contributed by atoms with van der Waals surface area (Å²) in [5, 5.41) is 19.8. The van der Waals surface area contributed by atoms with Gasteiger partial charge in [-0.3, -0.25) is 14.5 Å². The van der Waals surface area contributed by atoms with Crippen LogP contribution in [-0.4, -0.2) is 25.4 Å². The Labute approximate surface area is 130 Å². The number of non-ortho nitro benzene ring substituents is 1. The fourth-order valence-electron chi connectivity index (χ4n) is 2.30. The van der Waals surface area contributed by atoms with Crippen LogP contribution in [-0.2, 0) is 4.79 Å². The predicted octanol–water partition coefficient (Wildman–Crippen LogP) is 3.01. The molecular weight excluding hydrogens is 298 g/mol. The van der Waals surface area contributed by atoms with Gasteiger partial charge < -0.3 is 5.11 Å². The van der Waals surface area contributed by atoms with E-state index in [0.29, 0.717) is 22.6 Å². The van der Waals surface area contributed by atoms with E-state index < -0.39 is 10.9 Å². The topological polar surface area (TPSA) is 97.7 Å². The predicted molar refractivity (Wildman–Crippen MR) is 84.0 cm³/mol. The number of carboxylic acid groups (broad SMARTS) is 1. The van der Waals surface area contributed by atoms with Crippen LogP contribution in [0.25, 0.3) is 23.0 Å². The van der Waals surface area contributed by atoms with Gasteiger partial charge in [-0.15, -0.1) is 0 Å². The number of nitro groups is 1. The van der Waals surface area contributed by atoms with Crippen molar-refractivity contribution in [3.8, 4) is 11.3 Å². The third-order valence-corrected chi connectivity index (χ3v) is 3.28. The van der Waals surface area contributed by atoms with Gasteiger partial charge in [0, 0.05) is 30.0 Å². The molecule has 0 aliphatic rings. The van der Waals surface area contributed by atoms with Gasteiger partial charge in [0.25, 0.3) is 5.69 Å². The molecule has 0 bridgehead atoms. The number of rotatable bonds is 4. The lowest BCUT2D eigenvalue weighted by Gasteiger charge is -2.00. The van der Waals surface area contributed by atoms with Crippen molar-refractivity contribution in [2.24, 2.45) is 0 Å². The largest absolute Gasteiger partial charge is 0.478 e. The number of hydrogen-bond donors (Lipinski definition) is 1. The second-order valence-electron chi connectivity index (χ2n) is 4.75. The molecule has 0 amide bonds. The first-order valence-electron chi connectivity index (χ1n) is 6.69. The first-order chi connectivity index (χ1) is 11.1. The van der Waals surface area contributed by atoms with Crippen molar-refractivity contribution in [1.29, 1.82) is 0 Å². The van der Waals surface area contributed by atoms with Gasteiger partial charge in [0.1, 0.15) is 5.65 Å². The number of nitro benzene ring substituents is 1. The van der Waals surface area contributed by atoms with E-state index in [9.17, 15) is 14.9 Å². The van der Waals surface area contributed by atoms with E-state index in [2.05, 4.69) is 4.98 Å². The van der Waals surface area contributed by atoms with Crippen LogP contribution < -0.4 is 0 Å². The highest BCUT2D eigenvalue weighted by molar-refractivity contribution is 5.87. The summed E-state index contributed by atoms with van der Waals surface area (Å²) >= 11 is 0. The Morgan fingerprint density at radius 3 is 2.83 bits per heavy atom. The molecule has 0 fully saturated rings. The first kappa shape index (κ1) is 14.5. The Kier molecular flexibility index (Phi) is 3.60. The van der Waals surface area contributed by atoms with Crippen molar-refractivity contribution in [2.75, 3.05) is 0 Å². The number of fused-ring (bicyclic) bond motifs is 1. The lowest BCUT2D eigenvalue weighted by Crippen LogP contribution is -1.92. The zero-order valence-electron chi connectivity index (χ0n) is 11.8. The Bertz CT molecular complexity index is 943. The minimum atomic E-state index is -1.08. The van der Waals surface area contributed by atoms with E-state index in [4.69, 9.17) is 5.11 Å². The average molecular weight is 309 g/mol. The molecule has 0 spiro atoms. The molecule has 2 aromatic heterocycles. The lowest BCUT2D eigenvalue weighted by molar-refractivity contribution is -0.384. The summed E-state index contributed by atoms with van der Waals surface area (Å²) in [6.45, 7) is 0. The fraction of sp³-hybridized carbons (Fsp3) is 0. The van der Waals surface area contributed by atoms with Crippen LogP contribution in [0.15, 0.2) is 54.7 Å². The fourth-order valence-corrected chi connectivity index (χ4v) is 2.30. The third kappa shape index (κ3) is 2.80. The molecule has 0 radical (unpaired) electrons. The van der Waals surface area contributed by atoms with Crippen molar-refractivity contribution in [3.63, 3.8) is 0 Å². The maximum Gasteiger partial charge on any atom is 0.328 e. The summed E-state index contributed by atoms with van der Waals surface area (Å²) in [4.78, 5) is 25.7. The Morgan fingerprint density at radius 1 is 1.26 bits per heavy atom. The van der Waals surface area contributed by atoms with Gasteiger partial charge in [0.2, 0.25) is 0 Å². The van der Waals surface area contributed by atoms with Crippen LogP contribution in [0.3, 0.4) is 0 Å². The van der Waals surface area contributed by atoms with Crippen LogP contribution in [0.1, 0.15) is 5.69 Å². The van der Waals surface area contributed by atoms with E-state index >= 15 is 0 Å². The van der Waals surface area contributed by atoms with Gasteiger partial charge in [-0.2, -0.15) is 0 Å². The van der Waals surface area contributed by atoms with E-state index in [1.165, 1.54) is 18.2 Å². The molecule has 0 saturated heterocycles. The van der Waals surface area contributed by atoms with Gasteiger partial charge in [-0.25, -0.2) is 9.78 Å². The second kappa shape index (κ2) is 5.72. The monoisotopic (exact) mass is 309 g/mol. The molecule has 0 atom stereocenters. The molecule has 0 aliphatic carbocycles. The van der Waals surface area contributed by atoms with Crippen molar-refractivity contribution in [3.05, 3.63) is 70.5 Å². The number of carboxylic acids is 1. The van der Waals surface area contributed by atoms with Gasteiger partial charge in [0.05, 0.1) is 16.3 Å². The maximum absolute atomic E-state index is 10.9. The quantitative estimate of drug-likeness (QED) is 0.454. The molecule has 0 saturated carbocycles. The minimum Gasteiger partial charge on any atom is -0.478 e. The molecule has 7 heteroatoms. The zero-order valence-corrected chi connectivity index (χ0v) is 11.8. The summed E-state index contributed by atoms with van der Waals surface area (Å²) in [6.07, 6.45) is 4.19. The number of pyridine rings is 1. The van der Waals surface area contributed by atoms with E-state index in [1.807, 2.05) is 6.07 Å². The molecular formula is C16H11N3O4. The van der Waals surface area contributed by atoms with Crippen LogP contribution in [0, 0.1) is 10.1 Å². The van der Waals surface area contributed by atoms with Gasteiger partial charge in [-0.05, 0) is 18.2 Å². The Balaban J connectivity index is 2.24. The maximum atomic E-state index is 10.9. The smallest absolute Gasteiger partial charge is 0.328 e. The SMILES string of the molecule is O=C(O)/C=C\c1c(-c2cccc([N+](=O)[O-])c2)nc2ccccn12. The summed E-state index contributed by atoms with van der Waals surface area (Å²) in [7, 11) is 0. The zero-order chi connectivity index (χ0) is 16.4. The summed E-state index contributed by atoms with van der Waals surface area (Å²) in [5.74, 6) is -1.08. The van der Waals surface area contributed by atoms with Gasteiger partial charge >= 0.3 is 5.97 Å². The van der Waals surface area contributed by atoms with Crippen molar-refractivity contribution < 1.29 is 14.8 Å². The molecule has 114 valence electrons. The highest BCUT2D eigenvalue weighted by Crippen LogP contribution is 2.28. The molecule has 2 heterocycles. The van der Waals surface area contributed by atoms with Crippen molar-refractivity contribution >= 4 is 23.4 Å². The third-order valence-electron chi connectivity index (χ3n) is 3.28. The Morgan fingerprint density at radius 2 is 2.09 bits per heavy atom. The Hall–Kier alpha value is -3.48. The molecule has 0 unspecified atom stereocenters. The normalized spacial score (nSPS) is 11.1. The van der Waals surface area contributed by atoms with Gasteiger partial charge in [-0.1, -0.05) is 18.2 Å². The molecule has 7 nitrogen and oxygen atoms in total.